The molecule has 4 unspecified atom stereocenters. The molecule has 0 saturated carbocycles. The number of benzene rings is 2. The second kappa shape index (κ2) is 11.2. The number of rotatable bonds is 7. The summed E-state index contributed by atoms with van der Waals surface area (Å²) in [6, 6.07) is 9.43. The second-order valence-electron chi connectivity index (χ2n) is 7.91. The number of nitrogens with one attached hydrogen (secondary N) is 1. The lowest BCUT2D eigenvalue weighted by Gasteiger charge is -2.42. The van der Waals surface area contributed by atoms with Crippen LogP contribution in [0.25, 0.3) is 0 Å². The van der Waals surface area contributed by atoms with Crippen LogP contribution in [0.4, 0.5) is 22.0 Å². The predicted molar refractivity (Wildman–Crippen MR) is 117 cm³/mol. The standard InChI is InChI=1S/C23H23ClF5NO6/c1-2-33-21(30)34-11-17-22(25,26)20(32)18(31)19(35-17)13-5-8-16(24)14(10-13)9-12-3-6-15(7-4-12)36-23(27,28)29/h3-8,10,17-20,30-32H,2,9,11H2,1H3. The van der Waals surface area contributed by atoms with E-state index in [1.54, 1.807) is 6.92 Å². The summed E-state index contributed by atoms with van der Waals surface area (Å²) in [4.78, 5) is 0. The summed E-state index contributed by atoms with van der Waals surface area (Å²) in [6.45, 7) is 0.831. The van der Waals surface area contributed by atoms with Crippen LogP contribution < -0.4 is 4.74 Å². The van der Waals surface area contributed by atoms with Gasteiger partial charge >= 0.3 is 18.4 Å². The molecule has 0 spiro atoms. The lowest BCUT2D eigenvalue weighted by atomic mass is 9.89. The highest BCUT2D eigenvalue weighted by Crippen LogP contribution is 2.41. The first kappa shape index (κ1) is 27.9. The van der Waals surface area contributed by atoms with Crippen molar-refractivity contribution in [1.82, 2.24) is 0 Å². The lowest BCUT2D eigenvalue weighted by molar-refractivity contribution is -0.296. The zero-order chi connectivity index (χ0) is 26.7. The number of hydrogen-bond acceptors (Lipinski definition) is 7. The molecule has 0 aliphatic carbocycles. The minimum atomic E-state index is -4.83. The van der Waals surface area contributed by atoms with Gasteiger partial charge in [-0.05, 0) is 48.2 Å². The van der Waals surface area contributed by atoms with Crippen molar-refractivity contribution < 1.29 is 51.1 Å². The molecular weight excluding hydrogens is 517 g/mol. The Labute approximate surface area is 207 Å². The maximum Gasteiger partial charge on any atom is 0.573 e. The van der Waals surface area contributed by atoms with E-state index in [1.807, 2.05) is 0 Å². The first-order valence-corrected chi connectivity index (χ1v) is 11.1. The van der Waals surface area contributed by atoms with Gasteiger partial charge in [0.1, 0.15) is 30.7 Å². The van der Waals surface area contributed by atoms with Crippen molar-refractivity contribution in [3.63, 3.8) is 0 Å². The van der Waals surface area contributed by atoms with E-state index in [0.29, 0.717) is 11.1 Å². The Balaban J connectivity index is 1.79. The summed E-state index contributed by atoms with van der Waals surface area (Å²) in [5.41, 5.74) is 1.26. The molecule has 1 fully saturated rings. The van der Waals surface area contributed by atoms with Gasteiger partial charge in [-0.2, -0.15) is 0 Å². The number of hydrogen-bond donors (Lipinski definition) is 3. The van der Waals surface area contributed by atoms with Crippen molar-refractivity contribution in [3.05, 3.63) is 64.2 Å². The number of alkyl halides is 5. The van der Waals surface area contributed by atoms with Crippen LogP contribution in [0.2, 0.25) is 5.02 Å². The Morgan fingerprint density at radius 1 is 1.11 bits per heavy atom. The fraction of sp³-hybridized carbons (Fsp3) is 0.435. The quantitative estimate of drug-likeness (QED) is 0.270. The van der Waals surface area contributed by atoms with Gasteiger partial charge < -0.3 is 29.2 Å². The van der Waals surface area contributed by atoms with Crippen molar-refractivity contribution in [3.8, 4) is 5.75 Å². The zero-order valence-electron chi connectivity index (χ0n) is 18.8. The van der Waals surface area contributed by atoms with Gasteiger partial charge in [-0.3, -0.25) is 0 Å². The molecule has 2 aromatic carbocycles. The van der Waals surface area contributed by atoms with Crippen molar-refractivity contribution >= 4 is 17.7 Å². The SMILES string of the molecule is CCOC(=N)OCC1OC(c2ccc(Cl)c(Cc3ccc(OC(F)(F)F)cc3)c2)C(O)C(O)C1(F)F. The third-order valence-electron chi connectivity index (χ3n) is 5.36. The van der Waals surface area contributed by atoms with Gasteiger partial charge in [0.05, 0.1) is 6.61 Å². The van der Waals surface area contributed by atoms with E-state index in [0.717, 1.165) is 12.1 Å². The highest BCUT2D eigenvalue weighted by molar-refractivity contribution is 6.31. The average molecular weight is 540 g/mol. The predicted octanol–water partition coefficient (Wildman–Crippen LogP) is 4.61. The minimum absolute atomic E-state index is 0.0797. The molecule has 4 atom stereocenters. The summed E-state index contributed by atoms with van der Waals surface area (Å²) in [7, 11) is 0. The third kappa shape index (κ3) is 6.75. The summed E-state index contributed by atoms with van der Waals surface area (Å²) < 4.78 is 85.1. The molecule has 1 aliphatic rings. The van der Waals surface area contributed by atoms with E-state index < -0.39 is 55.1 Å². The Kier molecular flexibility index (Phi) is 8.65. The molecule has 13 heteroatoms. The average Bonchev–Trinajstić information content (AvgIpc) is 2.79. The first-order chi connectivity index (χ1) is 16.8. The Bertz CT molecular complexity index is 1050. The fourth-order valence-corrected chi connectivity index (χ4v) is 3.80. The normalized spacial score (nSPS) is 23.7. The minimum Gasteiger partial charge on any atom is -0.451 e. The van der Waals surface area contributed by atoms with Crippen LogP contribution in [-0.2, 0) is 20.6 Å². The number of aliphatic hydroxyl groups excluding tert-OH is 2. The maximum absolute atomic E-state index is 14.6. The summed E-state index contributed by atoms with van der Waals surface area (Å²) >= 11 is 6.25. The monoisotopic (exact) mass is 539 g/mol. The third-order valence-corrected chi connectivity index (χ3v) is 5.73. The van der Waals surface area contributed by atoms with Gasteiger partial charge in [0.2, 0.25) is 0 Å². The largest absolute Gasteiger partial charge is 0.573 e. The molecule has 0 radical (unpaired) electrons. The van der Waals surface area contributed by atoms with Gasteiger partial charge in [-0.1, -0.05) is 35.9 Å². The van der Waals surface area contributed by atoms with E-state index in [4.69, 9.17) is 31.2 Å². The van der Waals surface area contributed by atoms with Gasteiger partial charge in [-0.25, -0.2) is 14.2 Å². The lowest BCUT2D eigenvalue weighted by Crippen LogP contribution is -2.60. The van der Waals surface area contributed by atoms with Gasteiger partial charge in [-0.15, -0.1) is 13.2 Å². The summed E-state index contributed by atoms with van der Waals surface area (Å²) in [5.74, 6) is -4.29. The van der Waals surface area contributed by atoms with Crippen LogP contribution >= 0.6 is 11.6 Å². The van der Waals surface area contributed by atoms with Crippen LogP contribution in [0.3, 0.4) is 0 Å². The molecular formula is C23H23ClF5NO6. The van der Waals surface area contributed by atoms with E-state index in [1.165, 1.54) is 30.3 Å². The van der Waals surface area contributed by atoms with Crippen LogP contribution in [0, 0.1) is 5.41 Å². The van der Waals surface area contributed by atoms with Gasteiger partial charge in [0.15, 0.2) is 6.10 Å². The first-order valence-electron chi connectivity index (χ1n) is 10.7. The van der Waals surface area contributed by atoms with Gasteiger partial charge in [0.25, 0.3) is 0 Å². The smallest absolute Gasteiger partial charge is 0.451 e. The molecule has 1 aliphatic heterocycles. The van der Waals surface area contributed by atoms with Crippen LogP contribution in [0.15, 0.2) is 42.5 Å². The van der Waals surface area contributed by atoms with Crippen LogP contribution in [0.1, 0.15) is 29.7 Å². The van der Waals surface area contributed by atoms with E-state index >= 15 is 0 Å². The molecule has 3 N–H and O–H groups in total. The van der Waals surface area contributed by atoms with Crippen LogP contribution in [-0.4, -0.2) is 60.1 Å². The number of aliphatic hydroxyl groups is 2. The highest BCUT2D eigenvalue weighted by atomic mass is 35.5. The summed E-state index contributed by atoms with van der Waals surface area (Å²) in [6.07, 6.45) is -13.3. The maximum atomic E-state index is 14.6. The zero-order valence-corrected chi connectivity index (χ0v) is 19.5. The Morgan fingerprint density at radius 3 is 2.39 bits per heavy atom. The molecule has 1 saturated heterocycles. The molecule has 0 aromatic heterocycles. The number of ether oxygens (including phenoxy) is 4. The van der Waals surface area contributed by atoms with E-state index in [-0.39, 0.29) is 23.6 Å². The molecule has 1 heterocycles. The van der Waals surface area contributed by atoms with Crippen molar-refractivity contribution in [2.24, 2.45) is 0 Å². The molecule has 0 amide bonds. The molecule has 198 valence electrons. The van der Waals surface area contributed by atoms with E-state index in [9.17, 15) is 32.2 Å². The van der Waals surface area contributed by atoms with Crippen molar-refractivity contribution in [1.29, 1.82) is 5.41 Å². The molecule has 2 aromatic rings. The molecule has 3 rings (SSSR count). The van der Waals surface area contributed by atoms with E-state index in [2.05, 4.69) is 4.74 Å². The number of halogens is 6. The van der Waals surface area contributed by atoms with Crippen LogP contribution in [0.5, 0.6) is 5.75 Å². The fourth-order valence-electron chi connectivity index (χ4n) is 3.62. The van der Waals surface area contributed by atoms with Crippen molar-refractivity contribution in [2.75, 3.05) is 13.2 Å². The summed E-state index contributed by atoms with van der Waals surface area (Å²) in [5, 5.41) is 28.2. The highest BCUT2D eigenvalue weighted by Gasteiger charge is 2.58. The second-order valence-corrected chi connectivity index (χ2v) is 8.31. The van der Waals surface area contributed by atoms with Gasteiger partial charge in [0, 0.05) is 5.02 Å². The molecule has 7 nitrogen and oxygen atoms in total. The Morgan fingerprint density at radius 2 is 1.78 bits per heavy atom. The molecule has 0 bridgehead atoms. The Hall–Kier alpha value is -2.67. The topological polar surface area (TPSA) is 101 Å². The molecule has 36 heavy (non-hydrogen) atoms. The van der Waals surface area contributed by atoms with Crippen molar-refractivity contribution in [2.45, 2.75) is 50.0 Å².